The van der Waals surface area contributed by atoms with Crippen molar-refractivity contribution < 1.29 is 39.2 Å². The summed E-state index contributed by atoms with van der Waals surface area (Å²) < 4.78 is 7.92. The summed E-state index contributed by atoms with van der Waals surface area (Å²) in [7, 11) is 0. The standard InChI is InChI=1S/C6H8O8/c7-4(8)3(14-6(11)12)1-2-13-5(9)10/h3H,1-2H2,(H,7,8)(H,9,10)(H,11,12). The smallest absolute Gasteiger partial charge is 0.479 e. The van der Waals surface area contributed by atoms with Crippen molar-refractivity contribution in [2.45, 2.75) is 12.5 Å². The van der Waals surface area contributed by atoms with E-state index in [1.54, 1.807) is 0 Å². The van der Waals surface area contributed by atoms with Crippen molar-refractivity contribution in [3.05, 3.63) is 0 Å². The van der Waals surface area contributed by atoms with E-state index in [0.717, 1.165) is 0 Å². The topological polar surface area (TPSA) is 130 Å². The number of aliphatic carboxylic acids is 1. The lowest BCUT2D eigenvalue weighted by Gasteiger charge is -2.09. The van der Waals surface area contributed by atoms with E-state index in [4.69, 9.17) is 15.3 Å². The zero-order chi connectivity index (χ0) is 11.1. The van der Waals surface area contributed by atoms with E-state index in [0.29, 0.717) is 0 Å². The Morgan fingerprint density at radius 3 is 2.00 bits per heavy atom. The lowest BCUT2D eigenvalue weighted by atomic mass is 10.3. The Morgan fingerprint density at radius 1 is 1.07 bits per heavy atom. The highest BCUT2D eigenvalue weighted by Gasteiger charge is 2.22. The Morgan fingerprint density at radius 2 is 1.64 bits per heavy atom. The van der Waals surface area contributed by atoms with Gasteiger partial charge in [-0.15, -0.1) is 0 Å². The minimum Gasteiger partial charge on any atom is -0.479 e. The number of carboxylic acids is 1. The highest BCUT2D eigenvalue weighted by molar-refractivity contribution is 5.75. The van der Waals surface area contributed by atoms with Crippen LogP contribution in [0, 0.1) is 0 Å². The van der Waals surface area contributed by atoms with E-state index in [2.05, 4.69) is 9.47 Å². The van der Waals surface area contributed by atoms with Crippen molar-refractivity contribution >= 4 is 18.3 Å². The molecule has 0 aliphatic carbocycles. The van der Waals surface area contributed by atoms with Gasteiger partial charge in [0.2, 0.25) is 6.10 Å². The Labute approximate surface area is 77.7 Å². The van der Waals surface area contributed by atoms with Crippen LogP contribution in [0.5, 0.6) is 0 Å². The monoisotopic (exact) mass is 208 g/mol. The van der Waals surface area contributed by atoms with Crippen LogP contribution in [0.3, 0.4) is 0 Å². The second-order valence-corrected chi connectivity index (χ2v) is 2.11. The van der Waals surface area contributed by atoms with Crippen molar-refractivity contribution in [2.75, 3.05) is 6.61 Å². The number of hydrogen-bond acceptors (Lipinski definition) is 5. The van der Waals surface area contributed by atoms with Crippen LogP contribution >= 0.6 is 0 Å². The van der Waals surface area contributed by atoms with Gasteiger partial charge in [0.25, 0.3) is 0 Å². The SMILES string of the molecule is O=C(O)OCCC(OC(=O)O)C(=O)O. The summed E-state index contributed by atoms with van der Waals surface area (Å²) in [5, 5.41) is 24.5. The van der Waals surface area contributed by atoms with Gasteiger partial charge in [-0.3, -0.25) is 0 Å². The fourth-order valence-corrected chi connectivity index (χ4v) is 0.608. The van der Waals surface area contributed by atoms with Gasteiger partial charge in [-0.1, -0.05) is 0 Å². The van der Waals surface area contributed by atoms with Crippen LogP contribution in [0.2, 0.25) is 0 Å². The Hall–Kier alpha value is -1.99. The molecule has 0 aromatic heterocycles. The van der Waals surface area contributed by atoms with Crippen molar-refractivity contribution in [2.24, 2.45) is 0 Å². The quantitative estimate of drug-likeness (QED) is 0.546. The second-order valence-electron chi connectivity index (χ2n) is 2.11. The maximum Gasteiger partial charge on any atom is 0.506 e. The first kappa shape index (κ1) is 12.0. The maximum absolute atomic E-state index is 10.3. The molecule has 0 bridgehead atoms. The van der Waals surface area contributed by atoms with E-state index in [-0.39, 0.29) is 6.42 Å². The highest BCUT2D eigenvalue weighted by atomic mass is 16.7. The second kappa shape index (κ2) is 5.62. The van der Waals surface area contributed by atoms with Gasteiger partial charge in [-0.2, -0.15) is 0 Å². The van der Waals surface area contributed by atoms with Crippen LogP contribution in [0.25, 0.3) is 0 Å². The predicted molar refractivity (Wildman–Crippen MR) is 39.1 cm³/mol. The molecule has 3 N–H and O–H groups in total. The van der Waals surface area contributed by atoms with Crippen LogP contribution in [-0.4, -0.2) is 46.3 Å². The molecule has 8 nitrogen and oxygen atoms in total. The third-order valence-corrected chi connectivity index (χ3v) is 1.12. The molecule has 0 saturated heterocycles. The molecule has 0 saturated carbocycles. The summed E-state index contributed by atoms with van der Waals surface area (Å²) in [5.74, 6) is -1.50. The van der Waals surface area contributed by atoms with Gasteiger partial charge < -0.3 is 24.8 Å². The molecule has 1 unspecified atom stereocenters. The molecular formula is C6H8O8. The van der Waals surface area contributed by atoms with Gasteiger partial charge in [-0.05, 0) is 0 Å². The zero-order valence-corrected chi connectivity index (χ0v) is 6.87. The summed E-state index contributed by atoms with van der Waals surface area (Å²) in [6.45, 7) is -0.445. The molecule has 0 aromatic rings. The summed E-state index contributed by atoms with van der Waals surface area (Å²) in [6, 6.07) is 0. The average molecular weight is 208 g/mol. The van der Waals surface area contributed by atoms with E-state index in [1.807, 2.05) is 0 Å². The molecule has 80 valence electrons. The lowest BCUT2D eigenvalue weighted by Crippen LogP contribution is -2.28. The van der Waals surface area contributed by atoms with Crippen LogP contribution in [-0.2, 0) is 14.3 Å². The lowest BCUT2D eigenvalue weighted by molar-refractivity contribution is -0.148. The first-order chi connectivity index (χ1) is 6.43. The first-order valence-electron chi connectivity index (χ1n) is 3.41. The van der Waals surface area contributed by atoms with Gasteiger partial charge >= 0.3 is 18.3 Å². The van der Waals surface area contributed by atoms with E-state index < -0.39 is 31.0 Å². The first-order valence-corrected chi connectivity index (χ1v) is 3.41. The van der Waals surface area contributed by atoms with Crippen molar-refractivity contribution in [1.82, 2.24) is 0 Å². The zero-order valence-electron chi connectivity index (χ0n) is 6.87. The number of rotatable bonds is 5. The molecule has 8 heteroatoms. The summed E-state index contributed by atoms with van der Waals surface area (Å²) in [5.41, 5.74) is 0. The van der Waals surface area contributed by atoms with E-state index in [9.17, 15) is 14.4 Å². The minimum atomic E-state index is -1.74. The molecule has 0 fully saturated rings. The molecule has 0 radical (unpaired) electrons. The summed E-state index contributed by atoms with van der Waals surface area (Å²) in [4.78, 5) is 30.1. The van der Waals surface area contributed by atoms with E-state index >= 15 is 0 Å². The summed E-state index contributed by atoms with van der Waals surface area (Å²) >= 11 is 0. The highest BCUT2D eigenvalue weighted by Crippen LogP contribution is 2.00. The Bertz CT molecular complexity index is 234. The average Bonchev–Trinajstić information content (AvgIpc) is 2.00. The maximum atomic E-state index is 10.3. The molecule has 0 rings (SSSR count). The van der Waals surface area contributed by atoms with Crippen molar-refractivity contribution in [1.29, 1.82) is 0 Å². The summed E-state index contributed by atoms with van der Waals surface area (Å²) in [6.07, 6.45) is -5.29. The number of carboxylic acid groups (broad SMARTS) is 3. The molecule has 14 heavy (non-hydrogen) atoms. The van der Waals surface area contributed by atoms with E-state index in [1.165, 1.54) is 0 Å². The largest absolute Gasteiger partial charge is 0.506 e. The van der Waals surface area contributed by atoms with Gasteiger partial charge in [0, 0.05) is 6.42 Å². The fourth-order valence-electron chi connectivity index (χ4n) is 0.608. The van der Waals surface area contributed by atoms with Crippen LogP contribution in [0.4, 0.5) is 9.59 Å². The normalized spacial score (nSPS) is 11.4. The third-order valence-electron chi connectivity index (χ3n) is 1.12. The predicted octanol–water partition coefficient (Wildman–Crippen LogP) is 0.219. The molecule has 0 heterocycles. The fraction of sp³-hybridized carbons (Fsp3) is 0.500. The van der Waals surface area contributed by atoms with Gasteiger partial charge in [0.1, 0.15) is 0 Å². The molecule has 0 amide bonds. The van der Waals surface area contributed by atoms with Gasteiger partial charge in [0.15, 0.2) is 0 Å². The van der Waals surface area contributed by atoms with Crippen LogP contribution < -0.4 is 0 Å². The molecule has 1 atom stereocenters. The van der Waals surface area contributed by atoms with Crippen molar-refractivity contribution in [3.8, 4) is 0 Å². The number of carbonyl (C=O) groups is 3. The van der Waals surface area contributed by atoms with Gasteiger partial charge in [-0.25, -0.2) is 14.4 Å². The Balaban J connectivity index is 3.91. The molecule has 0 spiro atoms. The van der Waals surface area contributed by atoms with Gasteiger partial charge in [0.05, 0.1) is 6.61 Å². The Kier molecular flexibility index (Phi) is 4.82. The van der Waals surface area contributed by atoms with Crippen LogP contribution in [0.15, 0.2) is 0 Å². The third kappa shape index (κ3) is 5.63. The molecule has 0 aliphatic rings. The number of ether oxygens (including phenoxy) is 2. The molecule has 0 aliphatic heterocycles. The molecule has 0 aromatic carbocycles. The molecular weight excluding hydrogens is 200 g/mol. The minimum absolute atomic E-state index is 0.367. The number of hydrogen-bond donors (Lipinski definition) is 3. The van der Waals surface area contributed by atoms with Crippen molar-refractivity contribution in [3.63, 3.8) is 0 Å². The van der Waals surface area contributed by atoms with Crippen LogP contribution in [0.1, 0.15) is 6.42 Å².